The number of hydrogen-bond donors (Lipinski definition) is 0. The standard InChI is InChI=1S/C29H34O2/c1-19-9-11-21(12-10-19)22-13-14-26(20(2)15-22)31-27(30)23-16-24(28(3,4)5)18-25(17-23)29(6,7)8/h9-18H,1-8H3. The van der Waals surface area contributed by atoms with Crippen LogP contribution in [0.2, 0.25) is 0 Å². The summed E-state index contributed by atoms with van der Waals surface area (Å²) in [4.78, 5) is 13.1. The van der Waals surface area contributed by atoms with Crippen LogP contribution in [0.1, 0.15) is 74.2 Å². The molecule has 0 fully saturated rings. The monoisotopic (exact) mass is 414 g/mol. The Morgan fingerprint density at radius 2 is 1.19 bits per heavy atom. The number of carbonyl (C=O) groups is 1. The van der Waals surface area contributed by atoms with Crippen LogP contribution in [0.3, 0.4) is 0 Å². The first-order chi connectivity index (χ1) is 14.3. The van der Waals surface area contributed by atoms with Crippen LogP contribution in [0, 0.1) is 13.8 Å². The van der Waals surface area contributed by atoms with Crippen LogP contribution >= 0.6 is 0 Å². The van der Waals surface area contributed by atoms with E-state index in [2.05, 4.69) is 84.9 Å². The number of aryl methyl sites for hydroxylation is 2. The highest BCUT2D eigenvalue weighted by Crippen LogP contribution is 2.32. The van der Waals surface area contributed by atoms with E-state index in [4.69, 9.17) is 4.74 Å². The van der Waals surface area contributed by atoms with Gasteiger partial charge in [0.05, 0.1) is 5.56 Å². The largest absolute Gasteiger partial charge is 0.423 e. The van der Waals surface area contributed by atoms with E-state index in [1.54, 1.807) is 0 Å². The molecular weight excluding hydrogens is 380 g/mol. The van der Waals surface area contributed by atoms with Crippen molar-refractivity contribution in [2.75, 3.05) is 0 Å². The van der Waals surface area contributed by atoms with Gasteiger partial charge in [0, 0.05) is 0 Å². The maximum atomic E-state index is 13.1. The van der Waals surface area contributed by atoms with E-state index in [9.17, 15) is 4.79 Å². The zero-order valence-electron chi connectivity index (χ0n) is 20.1. The van der Waals surface area contributed by atoms with E-state index in [1.165, 1.54) is 5.56 Å². The maximum Gasteiger partial charge on any atom is 0.343 e. The van der Waals surface area contributed by atoms with Crippen LogP contribution in [0.15, 0.2) is 60.7 Å². The predicted octanol–water partition coefficient (Wildman–Crippen LogP) is 7.78. The van der Waals surface area contributed by atoms with Crippen molar-refractivity contribution >= 4 is 5.97 Å². The first-order valence-corrected chi connectivity index (χ1v) is 10.9. The van der Waals surface area contributed by atoms with E-state index in [0.717, 1.165) is 27.8 Å². The van der Waals surface area contributed by atoms with Crippen molar-refractivity contribution in [1.82, 2.24) is 0 Å². The molecule has 2 nitrogen and oxygen atoms in total. The second-order valence-corrected chi connectivity index (χ2v) is 10.5. The van der Waals surface area contributed by atoms with Crippen LogP contribution in [0.5, 0.6) is 5.75 Å². The fourth-order valence-electron chi connectivity index (χ4n) is 3.46. The molecule has 0 unspecified atom stereocenters. The summed E-state index contributed by atoms with van der Waals surface area (Å²) in [6.07, 6.45) is 0. The fourth-order valence-corrected chi connectivity index (χ4v) is 3.46. The summed E-state index contributed by atoms with van der Waals surface area (Å²) in [5, 5.41) is 0. The van der Waals surface area contributed by atoms with Gasteiger partial charge in [0.15, 0.2) is 0 Å². The number of hydrogen-bond acceptors (Lipinski definition) is 2. The first kappa shape index (κ1) is 22.8. The van der Waals surface area contributed by atoms with E-state index in [0.29, 0.717) is 11.3 Å². The molecule has 0 N–H and O–H groups in total. The van der Waals surface area contributed by atoms with Crippen molar-refractivity contribution in [3.63, 3.8) is 0 Å². The molecule has 0 bridgehead atoms. The average molecular weight is 415 g/mol. The highest BCUT2D eigenvalue weighted by Gasteiger charge is 2.23. The van der Waals surface area contributed by atoms with Crippen molar-refractivity contribution in [3.8, 4) is 16.9 Å². The SMILES string of the molecule is Cc1ccc(-c2ccc(OC(=O)c3cc(C(C)(C)C)cc(C(C)(C)C)c3)c(C)c2)cc1. The molecule has 0 aromatic heterocycles. The lowest BCUT2D eigenvalue weighted by Gasteiger charge is -2.26. The van der Waals surface area contributed by atoms with Crippen molar-refractivity contribution in [2.45, 2.75) is 66.2 Å². The molecule has 0 spiro atoms. The predicted molar refractivity (Wildman–Crippen MR) is 130 cm³/mol. The Bertz CT molecular complexity index is 1060. The number of esters is 1. The average Bonchev–Trinajstić information content (AvgIpc) is 2.68. The highest BCUT2D eigenvalue weighted by atomic mass is 16.5. The Morgan fingerprint density at radius 1 is 0.677 bits per heavy atom. The summed E-state index contributed by atoms with van der Waals surface area (Å²) in [6.45, 7) is 17.0. The lowest BCUT2D eigenvalue weighted by atomic mass is 9.79. The van der Waals surface area contributed by atoms with Gasteiger partial charge in [-0.2, -0.15) is 0 Å². The summed E-state index contributed by atoms with van der Waals surface area (Å²) in [7, 11) is 0. The number of benzene rings is 3. The molecule has 31 heavy (non-hydrogen) atoms. The lowest BCUT2D eigenvalue weighted by molar-refractivity contribution is 0.0733. The Labute approximate surface area is 187 Å². The minimum Gasteiger partial charge on any atom is -0.423 e. The third-order valence-electron chi connectivity index (χ3n) is 5.66. The molecule has 0 atom stereocenters. The molecule has 3 aromatic rings. The fraction of sp³-hybridized carbons (Fsp3) is 0.345. The third kappa shape index (κ3) is 5.44. The molecule has 2 heteroatoms. The quantitative estimate of drug-likeness (QED) is 0.323. The lowest BCUT2D eigenvalue weighted by Crippen LogP contribution is -2.19. The third-order valence-corrected chi connectivity index (χ3v) is 5.66. The summed E-state index contributed by atoms with van der Waals surface area (Å²) < 4.78 is 5.84. The van der Waals surface area contributed by atoms with Gasteiger partial charge in [0.25, 0.3) is 0 Å². The summed E-state index contributed by atoms with van der Waals surface area (Å²) in [5.74, 6) is 0.280. The molecule has 0 aliphatic heterocycles. The zero-order valence-corrected chi connectivity index (χ0v) is 20.1. The molecule has 0 aliphatic carbocycles. The van der Waals surface area contributed by atoms with Crippen LogP contribution in [0.25, 0.3) is 11.1 Å². The summed E-state index contributed by atoms with van der Waals surface area (Å²) in [5.41, 5.74) is 7.20. The van der Waals surface area contributed by atoms with Crippen LogP contribution in [-0.4, -0.2) is 5.97 Å². The van der Waals surface area contributed by atoms with Gasteiger partial charge in [0.1, 0.15) is 5.75 Å². The maximum absolute atomic E-state index is 13.1. The zero-order chi connectivity index (χ0) is 23.0. The van der Waals surface area contributed by atoms with Crippen molar-refractivity contribution in [1.29, 1.82) is 0 Å². The number of carbonyl (C=O) groups excluding carboxylic acids is 1. The first-order valence-electron chi connectivity index (χ1n) is 10.9. The van der Waals surface area contributed by atoms with E-state index in [1.807, 2.05) is 31.2 Å². The van der Waals surface area contributed by atoms with E-state index < -0.39 is 0 Å². The van der Waals surface area contributed by atoms with Crippen LogP contribution in [0.4, 0.5) is 0 Å². The smallest absolute Gasteiger partial charge is 0.343 e. The molecule has 0 saturated heterocycles. The van der Waals surface area contributed by atoms with Gasteiger partial charge in [-0.3, -0.25) is 0 Å². The topological polar surface area (TPSA) is 26.3 Å². The second-order valence-electron chi connectivity index (χ2n) is 10.5. The van der Waals surface area contributed by atoms with Crippen molar-refractivity contribution in [3.05, 3.63) is 88.5 Å². The van der Waals surface area contributed by atoms with E-state index >= 15 is 0 Å². The van der Waals surface area contributed by atoms with Gasteiger partial charge in [-0.1, -0.05) is 83.5 Å². The van der Waals surface area contributed by atoms with E-state index in [-0.39, 0.29) is 16.8 Å². The van der Waals surface area contributed by atoms with Crippen molar-refractivity contribution < 1.29 is 9.53 Å². The summed E-state index contributed by atoms with van der Waals surface area (Å²) >= 11 is 0. The van der Waals surface area contributed by atoms with Crippen LogP contribution in [-0.2, 0) is 10.8 Å². The Kier molecular flexibility index (Phi) is 6.14. The second kappa shape index (κ2) is 8.34. The number of ether oxygens (including phenoxy) is 1. The van der Waals surface area contributed by atoms with Crippen molar-refractivity contribution in [2.24, 2.45) is 0 Å². The molecular formula is C29H34O2. The number of rotatable bonds is 3. The molecule has 0 heterocycles. The van der Waals surface area contributed by atoms with Gasteiger partial charge < -0.3 is 4.74 Å². The molecule has 0 amide bonds. The van der Waals surface area contributed by atoms with Gasteiger partial charge in [-0.15, -0.1) is 0 Å². The summed E-state index contributed by atoms with van der Waals surface area (Å²) in [6, 6.07) is 20.5. The molecule has 3 rings (SSSR count). The Hall–Kier alpha value is -2.87. The Morgan fingerprint density at radius 3 is 1.68 bits per heavy atom. The molecule has 0 aliphatic rings. The molecule has 162 valence electrons. The molecule has 0 saturated carbocycles. The minimum atomic E-state index is -0.317. The Balaban J connectivity index is 1.91. The highest BCUT2D eigenvalue weighted by molar-refractivity contribution is 5.92. The van der Waals surface area contributed by atoms with Gasteiger partial charge in [-0.05, 0) is 76.8 Å². The molecule has 0 radical (unpaired) electrons. The normalized spacial score (nSPS) is 12.0. The van der Waals surface area contributed by atoms with Gasteiger partial charge >= 0.3 is 5.97 Å². The molecule has 3 aromatic carbocycles. The van der Waals surface area contributed by atoms with Gasteiger partial charge in [0.2, 0.25) is 0 Å². The minimum absolute atomic E-state index is 0.0537. The van der Waals surface area contributed by atoms with Gasteiger partial charge in [-0.25, -0.2) is 4.79 Å². The van der Waals surface area contributed by atoms with Crippen LogP contribution < -0.4 is 4.74 Å².